The van der Waals surface area contributed by atoms with E-state index in [2.05, 4.69) is 208 Å². The molecule has 0 atom stereocenters. The molecule has 6 aromatic rings. The van der Waals surface area contributed by atoms with Gasteiger partial charge in [-0.25, -0.2) is 0 Å². The van der Waals surface area contributed by atoms with Gasteiger partial charge in [0, 0.05) is 0 Å². The van der Waals surface area contributed by atoms with Crippen LogP contribution < -0.4 is 15.6 Å². The minimum atomic E-state index is -3.42. The van der Waals surface area contributed by atoms with E-state index in [-0.39, 0.29) is 16.2 Å². The summed E-state index contributed by atoms with van der Waals surface area (Å²) >= 11 is 8.99. The van der Waals surface area contributed by atoms with Gasteiger partial charge in [-0.1, -0.05) is 208 Å². The summed E-state index contributed by atoms with van der Waals surface area (Å²) in [5.74, 6) is 0. The third kappa shape index (κ3) is 7.04. The van der Waals surface area contributed by atoms with Crippen LogP contribution in [0.3, 0.4) is 0 Å². The second-order valence-electron chi connectivity index (χ2n) is 16.8. The van der Waals surface area contributed by atoms with E-state index in [9.17, 15) is 0 Å². The third-order valence-electron chi connectivity index (χ3n) is 10.0. The fraction of sp³-hybridized carbons (Fsp3) is 0.250. The lowest BCUT2D eigenvalue weighted by molar-refractivity contribution is 0.590. The Kier molecular flexibility index (Phi) is 9.63. The highest BCUT2D eigenvalue weighted by Gasteiger charge is 2.45. The molecule has 0 aliphatic rings. The van der Waals surface area contributed by atoms with Crippen LogP contribution in [0, 0.1) is 0 Å². The van der Waals surface area contributed by atoms with Crippen LogP contribution in [-0.4, -0.2) is 7.38 Å². The standard InChI is InChI=1S/C48H51ClSi/c1-46(2,3)37-25-28-40(34-19-13-10-14-20-34)43(31-37)50(49,44-32-38(47(4,5)6)26-29-41(44)35-21-15-11-16-22-35)45-33-39(48(7,8)9)27-30-42(45)36-23-17-12-18-24-36/h10-33H,1-9H3. The van der Waals surface area contributed by atoms with Crippen LogP contribution in [0.1, 0.15) is 79.0 Å². The summed E-state index contributed by atoms with van der Waals surface area (Å²) in [4.78, 5) is 0. The van der Waals surface area contributed by atoms with Gasteiger partial charge in [-0.05, 0) is 81.9 Å². The van der Waals surface area contributed by atoms with E-state index in [0.717, 1.165) is 0 Å². The predicted octanol–water partition coefficient (Wildman–Crippen LogP) is 11.8. The second kappa shape index (κ2) is 13.5. The predicted molar refractivity (Wildman–Crippen MR) is 222 cm³/mol. The number of hydrogen-bond donors (Lipinski definition) is 0. The lowest BCUT2D eigenvalue weighted by Crippen LogP contribution is -2.65. The summed E-state index contributed by atoms with van der Waals surface area (Å²) < 4.78 is 0. The Morgan fingerprint density at radius 2 is 0.580 bits per heavy atom. The minimum Gasteiger partial charge on any atom is -0.149 e. The molecule has 0 saturated carbocycles. The molecule has 0 spiro atoms. The van der Waals surface area contributed by atoms with Crippen molar-refractivity contribution in [2.45, 2.75) is 78.6 Å². The first-order chi connectivity index (χ1) is 23.6. The summed E-state index contributed by atoms with van der Waals surface area (Å²) in [7, 11) is -3.42. The van der Waals surface area contributed by atoms with Crippen molar-refractivity contribution >= 4 is 34.0 Å². The van der Waals surface area contributed by atoms with Gasteiger partial charge in [0.1, 0.15) is 0 Å². The van der Waals surface area contributed by atoms with Crippen LogP contribution >= 0.6 is 11.1 Å². The molecule has 0 bridgehead atoms. The molecule has 0 fully saturated rings. The van der Waals surface area contributed by atoms with Gasteiger partial charge in [-0.15, -0.1) is 11.1 Å². The summed E-state index contributed by atoms with van der Waals surface area (Å²) in [5, 5.41) is 3.68. The first kappa shape index (κ1) is 35.6. The first-order valence-corrected chi connectivity index (χ1v) is 20.9. The van der Waals surface area contributed by atoms with Gasteiger partial charge >= 0.3 is 0 Å². The van der Waals surface area contributed by atoms with Gasteiger partial charge in [-0.2, -0.15) is 0 Å². The molecule has 0 radical (unpaired) electrons. The fourth-order valence-corrected chi connectivity index (χ4v) is 12.1. The lowest BCUT2D eigenvalue weighted by atomic mass is 9.86. The highest BCUT2D eigenvalue weighted by molar-refractivity contribution is 7.41. The largest absolute Gasteiger partial charge is 0.249 e. The second-order valence-corrected chi connectivity index (χ2v) is 21.4. The van der Waals surface area contributed by atoms with Crippen molar-refractivity contribution in [3.05, 3.63) is 162 Å². The van der Waals surface area contributed by atoms with Gasteiger partial charge in [0.2, 0.25) is 7.38 Å². The quantitative estimate of drug-likeness (QED) is 0.0927. The highest BCUT2D eigenvalue weighted by atomic mass is 35.6. The molecule has 0 amide bonds. The molecule has 6 rings (SSSR count). The normalized spacial score (nSPS) is 12.6. The molecule has 0 saturated heterocycles. The van der Waals surface area contributed by atoms with E-state index in [4.69, 9.17) is 11.1 Å². The summed E-state index contributed by atoms with van der Waals surface area (Å²) in [6.07, 6.45) is 0. The van der Waals surface area contributed by atoms with Crippen LogP contribution in [0.4, 0.5) is 0 Å². The van der Waals surface area contributed by atoms with Crippen molar-refractivity contribution in [1.29, 1.82) is 0 Å². The van der Waals surface area contributed by atoms with E-state index in [0.29, 0.717) is 0 Å². The Morgan fingerprint density at radius 1 is 0.340 bits per heavy atom. The summed E-state index contributed by atoms with van der Waals surface area (Å²) in [5.41, 5.74) is 10.8. The maximum Gasteiger partial charge on any atom is 0.249 e. The molecule has 2 heteroatoms. The highest BCUT2D eigenvalue weighted by Crippen LogP contribution is 2.35. The summed E-state index contributed by atoms with van der Waals surface area (Å²) in [6.45, 7) is 20.7. The van der Waals surface area contributed by atoms with Gasteiger partial charge < -0.3 is 0 Å². The lowest BCUT2D eigenvalue weighted by Gasteiger charge is -2.36. The zero-order valence-corrected chi connectivity index (χ0v) is 33.0. The first-order valence-electron chi connectivity index (χ1n) is 17.9. The van der Waals surface area contributed by atoms with Crippen molar-refractivity contribution in [3.8, 4) is 33.4 Å². The van der Waals surface area contributed by atoms with E-state index < -0.39 is 7.38 Å². The molecular formula is C48H51ClSi. The molecule has 0 N–H and O–H groups in total. The number of hydrogen-bond acceptors (Lipinski definition) is 0. The molecule has 0 aliphatic heterocycles. The minimum absolute atomic E-state index is 0.0683. The van der Waals surface area contributed by atoms with Crippen LogP contribution in [-0.2, 0) is 16.2 Å². The Hall–Kier alpha value is -4.17. The molecule has 6 aromatic carbocycles. The summed E-state index contributed by atoms with van der Waals surface area (Å²) in [6, 6.07) is 53.8. The van der Waals surface area contributed by atoms with E-state index >= 15 is 0 Å². The van der Waals surface area contributed by atoms with Gasteiger partial charge in [0.05, 0.1) is 0 Å². The third-order valence-corrected chi connectivity index (χ3v) is 15.3. The zero-order valence-electron chi connectivity index (χ0n) is 31.2. The van der Waals surface area contributed by atoms with Gasteiger partial charge in [0.25, 0.3) is 0 Å². The number of halogens is 1. The molecule has 0 unspecified atom stereocenters. The Labute approximate surface area is 306 Å². The zero-order chi connectivity index (χ0) is 35.9. The van der Waals surface area contributed by atoms with Gasteiger partial charge in [-0.3, -0.25) is 0 Å². The maximum absolute atomic E-state index is 8.99. The molecule has 0 aromatic heterocycles. The fourth-order valence-electron chi connectivity index (χ4n) is 6.93. The number of rotatable bonds is 6. The Bertz CT molecular complexity index is 1850. The average Bonchev–Trinajstić information content (AvgIpc) is 3.10. The van der Waals surface area contributed by atoms with Crippen LogP contribution in [0.15, 0.2) is 146 Å². The van der Waals surface area contributed by atoms with Crippen molar-refractivity contribution in [2.75, 3.05) is 0 Å². The Morgan fingerprint density at radius 3 is 0.800 bits per heavy atom. The molecule has 50 heavy (non-hydrogen) atoms. The van der Waals surface area contributed by atoms with Crippen LogP contribution in [0.5, 0.6) is 0 Å². The Balaban J connectivity index is 1.87. The SMILES string of the molecule is CC(C)(C)c1ccc(-c2ccccc2)c([Si](Cl)(c2cc(C(C)(C)C)ccc2-c2ccccc2)c2cc(C(C)(C)C)ccc2-c2ccccc2)c1. The smallest absolute Gasteiger partial charge is 0.149 e. The van der Waals surface area contributed by atoms with Crippen LogP contribution in [0.25, 0.3) is 33.4 Å². The topological polar surface area (TPSA) is 0 Å². The molecule has 0 aliphatic carbocycles. The van der Waals surface area contributed by atoms with Crippen molar-refractivity contribution < 1.29 is 0 Å². The van der Waals surface area contributed by atoms with Gasteiger partial charge in [0.15, 0.2) is 0 Å². The molecule has 0 nitrogen and oxygen atoms in total. The average molecular weight is 691 g/mol. The van der Waals surface area contributed by atoms with Crippen molar-refractivity contribution in [2.24, 2.45) is 0 Å². The maximum atomic E-state index is 8.99. The monoisotopic (exact) mass is 690 g/mol. The van der Waals surface area contributed by atoms with E-state index in [1.54, 1.807) is 0 Å². The molecular weight excluding hydrogens is 640 g/mol. The van der Waals surface area contributed by atoms with Crippen LogP contribution in [0.2, 0.25) is 0 Å². The molecule has 0 heterocycles. The van der Waals surface area contributed by atoms with Crippen molar-refractivity contribution in [3.63, 3.8) is 0 Å². The van der Waals surface area contributed by atoms with Crippen molar-refractivity contribution in [1.82, 2.24) is 0 Å². The number of benzene rings is 6. The van der Waals surface area contributed by atoms with E-state index in [1.165, 1.54) is 65.6 Å². The van der Waals surface area contributed by atoms with E-state index in [1.807, 2.05) is 0 Å². The molecule has 254 valence electrons.